The fourth-order valence-corrected chi connectivity index (χ4v) is 4.54. The van der Waals surface area contributed by atoms with Gasteiger partial charge in [0.15, 0.2) is 0 Å². The lowest BCUT2D eigenvalue weighted by molar-refractivity contribution is -0.115. The summed E-state index contributed by atoms with van der Waals surface area (Å²) in [7, 11) is 0. The van der Waals surface area contributed by atoms with Crippen molar-refractivity contribution < 1.29 is 14.3 Å². The standard InChI is InChI=1S/C25H28N4O3S/c1-17-5-8-20(9-6-17)32-15-24-27-19(16-33-24)14-23(30)28-21-13-18(25(26)31)7-10-22(21)29-11-3-2-4-12-29/h5-10,13,16H,2-4,11-12,14-15H2,1H3,(H2,26,31)(H,28,30). The van der Waals surface area contributed by atoms with Gasteiger partial charge in [-0.25, -0.2) is 4.98 Å². The zero-order chi connectivity index (χ0) is 23.2. The van der Waals surface area contributed by atoms with Gasteiger partial charge in [-0.3, -0.25) is 9.59 Å². The molecule has 1 aromatic heterocycles. The van der Waals surface area contributed by atoms with Gasteiger partial charge < -0.3 is 20.7 Å². The third-order valence-electron chi connectivity index (χ3n) is 5.58. The Morgan fingerprint density at radius 2 is 1.88 bits per heavy atom. The lowest BCUT2D eigenvalue weighted by Crippen LogP contribution is -2.30. The number of piperidine rings is 1. The molecule has 1 aliphatic heterocycles. The van der Waals surface area contributed by atoms with Crippen molar-refractivity contribution in [2.45, 2.75) is 39.2 Å². The molecule has 33 heavy (non-hydrogen) atoms. The number of nitrogens with one attached hydrogen (secondary N) is 1. The van der Waals surface area contributed by atoms with Crippen molar-refractivity contribution in [3.8, 4) is 5.75 Å². The molecule has 3 aromatic rings. The number of anilines is 2. The van der Waals surface area contributed by atoms with E-state index < -0.39 is 5.91 Å². The summed E-state index contributed by atoms with van der Waals surface area (Å²) in [5.41, 5.74) is 9.22. The molecule has 0 atom stereocenters. The maximum Gasteiger partial charge on any atom is 0.248 e. The van der Waals surface area contributed by atoms with Gasteiger partial charge in [0.25, 0.3) is 0 Å². The summed E-state index contributed by atoms with van der Waals surface area (Å²) in [6, 6.07) is 13.1. The summed E-state index contributed by atoms with van der Waals surface area (Å²) in [5.74, 6) is 0.0780. The molecule has 172 valence electrons. The molecule has 7 nitrogen and oxygen atoms in total. The maximum absolute atomic E-state index is 12.8. The molecule has 2 aromatic carbocycles. The first-order valence-corrected chi connectivity index (χ1v) is 12.0. The molecule has 0 saturated carbocycles. The molecule has 0 bridgehead atoms. The lowest BCUT2D eigenvalue weighted by atomic mass is 10.1. The Bertz CT molecular complexity index is 1120. The van der Waals surface area contributed by atoms with Gasteiger partial charge in [-0.2, -0.15) is 0 Å². The Kier molecular flexibility index (Phi) is 7.24. The third kappa shape index (κ3) is 6.10. The molecule has 3 N–H and O–H groups in total. The molecule has 2 amide bonds. The number of aromatic nitrogens is 1. The van der Waals surface area contributed by atoms with Crippen LogP contribution < -0.4 is 20.7 Å². The topological polar surface area (TPSA) is 97.5 Å². The van der Waals surface area contributed by atoms with Crippen LogP contribution in [0.1, 0.15) is 45.9 Å². The van der Waals surface area contributed by atoms with Crippen molar-refractivity contribution in [2.24, 2.45) is 5.73 Å². The van der Waals surface area contributed by atoms with Crippen LogP contribution >= 0.6 is 11.3 Å². The van der Waals surface area contributed by atoms with E-state index in [1.54, 1.807) is 12.1 Å². The van der Waals surface area contributed by atoms with Gasteiger partial charge >= 0.3 is 0 Å². The summed E-state index contributed by atoms with van der Waals surface area (Å²) in [4.78, 5) is 31.3. The number of nitrogens with zero attached hydrogens (tertiary/aromatic N) is 2. The number of nitrogens with two attached hydrogens (primary N) is 1. The third-order valence-corrected chi connectivity index (χ3v) is 6.45. The number of carbonyl (C=O) groups excluding carboxylic acids is 2. The van der Waals surface area contributed by atoms with Crippen molar-refractivity contribution in [3.63, 3.8) is 0 Å². The van der Waals surface area contributed by atoms with Gasteiger partial charge in [0.05, 0.1) is 23.5 Å². The summed E-state index contributed by atoms with van der Waals surface area (Å²) >= 11 is 1.47. The minimum Gasteiger partial charge on any atom is -0.486 e. The first kappa shape index (κ1) is 22.8. The van der Waals surface area contributed by atoms with Gasteiger partial charge in [-0.1, -0.05) is 17.7 Å². The SMILES string of the molecule is Cc1ccc(OCc2nc(CC(=O)Nc3cc(C(N)=O)ccc3N3CCCCC3)cs2)cc1. The van der Waals surface area contributed by atoms with Crippen LogP contribution in [-0.2, 0) is 17.8 Å². The van der Waals surface area contributed by atoms with E-state index in [0.29, 0.717) is 23.6 Å². The van der Waals surface area contributed by atoms with Crippen LogP contribution in [0, 0.1) is 6.92 Å². The zero-order valence-corrected chi connectivity index (χ0v) is 19.5. The highest BCUT2D eigenvalue weighted by molar-refractivity contribution is 7.09. The predicted molar refractivity (Wildman–Crippen MR) is 131 cm³/mol. The van der Waals surface area contributed by atoms with Crippen molar-refractivity contribution >= 4 is 34.5 Å². The van der Waals surface area contributed by atoms with E-state index in [0.717, 1.165) is 42.4 Å². The van der Waals surface area contributed by atoms with Crippen LogP contribution in [-0.4, -0.2) is 29.9 Å². The number of ether oxygens (including phenoxy) is 1. The van der Waals surface area contributed by atoms with Crippen LogP contribution in [0.4, 0.5) is 11.4 Å². The number of primary amides is 1. The van der Waals surface area contributed by atoms with Gasteiger partial charge in [-0.15, -0.1) is 11.3 Å². The Morgan fingerprint density at radius 3 is 2.61 bits per heavy atom. The summed E-state index contributed by atoms with van der Waals surface area (Å²) < 4.78 is 5.78. The van der Waals surface area contributed by atoms with Gasteiger partial charge in [-0.05, 0) is 56.5 Å². The molecule has 0 radical (unpaired) electrons. The van der Waals surface area contributed by atoms with E-state index in [1.165, 1.54) is 23.3 Å². The van der Waals surface area contributed by atoms with Gasteiger partial charge in [0.2, 0.25) is 11.8 Å². The Morgan fingerprint density at radius 1 is 1.12 bits per heavy atom. The molecule has 0 unspecified atom stereocenters. The number of hydrogen-bond donors (Lipinski definition) is 2. The quantitative estimate of drug-likeness (QED) is 0.518. The van der Waals surface area contributed by atoms with E-state index >= 15 is 0 Å². The van der Waals surface area contributed by atoms with E-state index in [-0.39, 0.29) is 12.3 Å². The molecular weight excluding hydrogens is 436 g/mol. The van der Waals surface area contributed by atoms with Crippen molar-refractivity contribution in [2.75, 3.05) is 23.3 Å². The van der Waals surface area contributed by atoms with E-state index in [9.17, 15) is 9.59 Å². The van der Waals surface area contributed by atoms with Crippen molar-refractivity contribution in [1.82, 2.24) is 4.98 Å². The number of aryl methyl sites for hydroxylation is 1. The molecule has 2 heterocycles. The van der Waals surface area contributed by atoms with E-state index in [4.69, 9.17) is 10.5 Å². The fourth-order valence-electron chi connectivity index (χ4n) is 3.83. The Hall–Kier alpha value is -3.39. The Labute approximate surface area is 197 Å². The zero-order valence-electron chi connectivity index (χ0n) is 18.7. The molecule has 1 saturated heterocycles. The number of benzene rings is 2. The predicted octanol–water partition coefficient (Wildman–Crippen LogP) is 4.30. The molecular formula is C25H28N4O3S. The highest BCUT2D eigenvalue weighted by Crippen LogP contribution is 2.30. The molecule has 0 spiro atoms. The highest BCUT2D eigenvalue weighted by Gasteiger charge is 2.18. The lowest BCUT2D eigenvalue weighted by Gasteiger charge is -2.30. The second kappa shape index (κ2) is 10.5. The first-order chi connectivity index (χ1) is 16.0. The molecule has 1 fully saturated rings. The highest BCUT2D eigenvalue weighted by atomic mass is 32.1. The molecule has 8 heteroatoms. The number of hydrogen-bond acceptors (Lipinski definition) is 6. The van der Waals surface area contributed by atoms with Crippen LogP contribution in [0.25, 0.3) is 0 Å². The maximum atomic E-state index is 12.8. The van der Waals surface area contributed by atoms with E-state index in [2.05, 4.69) is 15.2 Å². The smallest absolute Gasteiger partial charge is 0.248 e. The summed E-state index contributed by atoms with van der Waals surface area (Å²) in [5, 5.41) is 5.65. The molecule has 0 aliphatic carbocycles. The number of thiazole rings is 1. The van der Waals surface area contributed by atoms with Crippen LogP contribution in [0.5, 0.6) is 5.75 Å². The largest absolute Gasteiger partial charge is 0.486 e. The monoisotopic (exact) mass is 464 g/mol. The normalized spacial score (nSPS) is 13.5. The summed E-state index contributed by atoms with van der Waals surface area (Å²) in [6.45, 7) is 4.24. The van der Waals surface area contributed by atoms with Crippen LogP contribution in [0.3, 0.4) is 0 Å². The fraction of sp³-hybridized carbons (Fsp3) is 0.320. The average molecular weight is 465 g/mol. The number of carbonyl (C=O) groups is 2. The van der Waals surface area contributed by atoms with E-state index in [1.807, 2.05) is 42.6 Å². The van der Waals surface area contributed by atoms with Crippen molar-refractivity contribution in [1.29, 1.82) is 0 Å². The second-order valence-electron chi connectivity index (χ2n) is 8.20. The average Bonchev–Trinajstić information content (AvgIpc) is 3.26. The number of amides is 2. The second-order valence-corrected chi connectivity index (χ2v) is 9.15. The Balaban J connectivity index is 1.40. The number of rotatable bonds is 8. The first-order valence-electron chi connectivity index (χ1n) is 11.1. The minimum absolute atomic E-state index is 0.140. The van der Waals surface area contributed by atoms with Crippen molar-refractivity contribution in [3.05, 3.63) is 69.7 Å². The van der Waals surface area contributed by atoms with Gasteiger partial charge in [0.1, 0.15) is 17.4 Å². The molecule has 1 aliphatic rings. The molecule has 4 rings (SSSR count). The van der Waals surface area contributed by atoms with Gasteiger partial charge in [0, 0.05) is 24.0 Å². The summed E-state index contributed by atoms with van der Waals surface area (Å²) in [6.07, 6.45) is 3.56. The minimum atomic E-state index is -0.520. The van der Waals surface area contributed by atoms with Crippen LogP contribution in [0.15, 0.2) is 47.8 Å². The van der Waals surface area contributed by atoms with Crippen LogP contribution in [0.2, 0.25) is 0 Å².